The Labute approximate surface area is 124 Å². The van der Waals surface area contributed by atoms with Crippen molar-refractivity contribution >= 4 is 39.5 Å². The maximum absolute atomic E-state index is 12.5. The van der Waals surface area contributed by atoms with E-state index in [4.69, 9.17) is 21.1 Å². The second-order valence-electron chi connectivity index (χ2n) is 4.84. The summed E-state index contributed by atoms with van der Waals surface area (Å²) in [7, 11) is 0. The molecule has 3 aromatic rings. The predicted molar refractivity (Wildman–Crippen MR) is 81.1 cm³/mol. The third-order valence-electron chi connectivity index (χ3n) is 3.47. The van der Waals surface area contributed by atoms with Crippen molar-refractivity contribution in [2.24, 2.45) is 0 Å². The molecule has 0 aliphatic rings. The Kier molecular flexibility index (Phi) is 3.18. The fourth-order valence-electron chi connectivity index (χ4n) is 2.41. The SMILES string of the molecule is Cc1c(Cl)ccc2c(=O)c3cccc(CC(=O)O)c3oc12. The van der Waals surface area contributed by atoms with Gasteiger partial charge in [0, 0.05) is 16.1 Å². The molecule has 4 nitrogen and oxygen atoms in total. The molecule has 0 amide bonds. The smallest absolute Gasteiger partial charge is 0.307 e. The van der Waals surface area contributed by atoms with Gasteiger partial charge in [-0.1, -0.05) is 23.7 Å². The van der Waals surface area contributed by atoms with Gasteiger partial charge in [-0.15, -0.1) is 0 Å². The fourth-order valence-corrected chi connectivity index (χ4v) is 2.56. The molecule has 0 unspecified atom stereocenters. The van der Waals surface area contributed by atoms with Gasteiger partial charge in [0.25, 0.3) is 0 Å². The number of hydrogen-bond donors (Lipinski definition) is 1. The number of rotatable bonds is 2. The molecular weight excluding hydrogens is 292 g/mol. The zero-order valence-electron chi connectivity index (χ0n) is 11.1. The van der Waals surface area contributed by atoms with E-state index in [0.717, 1.165) is 0 Å². The van der Waals surface area contributed by atoms with Gasteiger partial charge < -0.3 is 9.52 Å². The highest BCUT2D eigenvalue weighted by molar-refractivity contribution is 6.32. The van der Waals surface area contributed by atoms with Gasteiger partial charge in [-0.05, 0) is 25.1 Å². The van der Waals surface area contributed by atoms with E-state index in [0.29, 0.717) is 38.1 Å². The van der Waals surface area contributed by atoms with E-state index >= 15 is 0 Å². The molecule has 0 aliphatic heterocycles. The number of halogens is 1. The number of carboxylic acids is 1. The van der Waals surface area contributed by atoms with E-state index < -0.39 is 5.97 Å². The highest BCUT2D eigenvalue weighted by atomic mass is 35.5. The van der Waals surface area contributed by atoms with Crippen LogP contribution in [0.15, 0.2) is 39.5 Å². The predicted octanol–water partition coefficient (Wildman–Crippen LogP) is 3.54. The van der Waals surface area contributed by atoms with Crippen molar-refractivity contribution in [3.8, 4) is 0 Å². The van der Waals surface area contributed by atoms with E-state index in [-0.39, 0.29) is 11.8 Å². The van der Waals surface area contributed by atoms with E-state index in [1.807, 2.05) is 0 Å². The summed E-state index contributed by atoms with van der Waals surface area (Å²) in [6, 6.07) is 8.22. The average molecular weight is 303 g/mol. The molecule has 0 fully saturated rings. The van der Waals surface area contributed by atoms with Gasteiger partial charge in [-0.2, -0.15) is 0 Å². The van der Waals surface area contributed by atoms with Crippen LogP contribution in [0.4, 0.5) is 0 Å². The Morgan fingerprint density at radius 3 is 2.62 bits per heavy atom. The minimum Gasteiger partial charge on any atom is -0.481 e. The van der Waals surface area contributed by atoms with Crippen molar-refractivity contribution in [2.75, 3.05) is 0 Å². The molecule has 1 heterocycles. The molecule has 0 spiro atoms. The molecule has 106 valence electrons. The van der Waals surface area contributed by atoms with Crippen molar-refractivity contribution in [2.45, 2.75) is 13.3 Å². The first-order chi connectivity index (χ1) is 9.99. The minimum absolute atomic E-state index is 0.182. The Balaban J connectivity index is 2.49. The van der Waals surface area contributed by atoms with E-state index in [2.05, 4.69) is 0 Å². The third kappa shape index (κ3) is 2.17. The monoisotopic (exact) mass is 302 g/mol. The van der Waals surface area contributed by atoms with Gasteiger partial charge in [0.05, 0.1) is 17.2 Å². The maximum atomic E-state index is 12.5. The van der Waals surface area contributed by atoms with Gasteiger partial charge in [0.2, 0.25) is 5.43 Å². The second kappa shape index (κ2) is 4.90. The highest BCUT2D eigenvalue weighted by Gasteiger charge is 2.14. The van der Waals surface area contributed by atoms with Crippen molar-refractivity contribution in [1.29, 1.82) is 0 Å². The lowest BCUT2D eigenvalue weighted by atomic mass is 10.0. The molecule has 0 atom stereocenters. The van der Waals surface area contributed by atoms with Crippen LogP contribution in [0.3, 0.4) is 0 Å². The summed E-state index contributed by atoms with van der Waals surface area (Å²) in [5.41, 5.74) is 1.66. The lowest BCUT2D eigenvalue weighted by Crippen LogP contribution is -2.06. The Bertz CT molecular complexity index is 940. The molecule has 0 saturated carbocycles. The maximum Gasteiger partial charge on any atom is 0.307 e. The first-order valence-electron chi connectivity index (χ1n) is 6.34. The normalized spacial score (nSPS) is 11.1. The molecule has 0 aliphatic carbocycles. The van der Waals surface area contributed by atoms with Crippen LogP contribution in [0.1, 0.15) is 11.1 Å². The summed E-state index contributed by atoms with van der Waals surface area (Å²) in [5, 5.41) is 10.3. The molecular formula is C16H11ClO4. The fraction of sp³-hybridized carbons (Fsp3) is 0.125. The number of carboxylic acid groups (broad SMARTS) is 1. The number of aliphatic carboxylic acids is 1. The van der Waals surface area contributed by atoms with E-state index in [9.17, 15) is 9.59 Å². The Morgan fingerprint density at radius 1 is 1.19 bits per heavy atom. The summed E-state index contributed by atoms with van der Waals surface area (Å²) in [6.45, 7) is 1.76. The summed E-state index contributed by atoms with van der Waals surface area (Å²) < 4.78 is 5.82. The summed E-state index contributed by atoms with van der Waals surface area (Å²) in [6.07, 6.45) is -0.203. The molecule has 0 bridgehead atoms. The topological polar surface area (TPSA) is 67.5 Å². The van der Waals surface area contributed by atoms with Crippen LogP contribution in [0, 0.1) is 6.92 Å². The van der Waals surface area contributed by atoms with Crippen molar-refractivity contribution in [1.82, 2.24) is 0 Å². The van der Waals surface area contributed by atoms with Crippen LogP contribution in [0.2, 0.25) is 5.02 Å². The Morgan fingerprint density at radius 2 is 1.90 bits per heavy atom. The largest absolute Gasteiger partial charge is 0.481 e. The molecule has 21 heavy (non-hydrogen) atoms. The first-order valence-corrected chi connectivity index (χ1v) is 6.72. The van der Waals surface area contributed by atoms with Crippen LogP contribution < -0.4 is 5.43 Å². The van der Waals surface area contributed by atoms with Crippen molar-refractivity contribution < 1.29 is 14.3 Å². The molecule has 5 heteroatoms. The zero-order chi connectivity index (χ0) is 15.1. The van der Waals surface area contributed by atoms with Gasteiger partial charge >= 0.3 is 5.97 Å². The molecule has 0 saturated heterocycles. The van der Waals surface area contributed by atoms with Crippen LogP contribution >= 0.6 is 11.6 Å². The van der Waals surface area contributed by atoms with E-state index in [1.54, 1.807) is 37.3 Å². The number of carbonyl (C=O) groups is 1. The van der Waals surface area contributed by atoms with Crippen LogP contribution in [0.25, 0.3) is 21.9 Å². The summed E-state index contributed by atoms with van der Waals surface area (Å²) >= 11 is 6.06. The van der Waals surface area contributed by atoms with E-state index in [1.165, 1.54) is 0 Å². The minimum atomic E-state index is -0.979. The van der Waals surface area contributed by atoms with Crippen LogP contribution in [-0.2, 0) is 11.2 Å². The van der Waals surface area contributed by atoms with Crippen molar-refractivity contribution in [3.05, 3.63) is 56.7 Å². The van der Waals surface area contributed by atoms with Gasteiger partial charge in [0.1, 0.15) is 11.2 Å². The molecule has 2 aromatic carbocycles. The third-order valence-corrected chi connectivity index (χ3v) is 3.88. The summed E-state index contributed by atoms with van der Waals surface area (Å²) in [4.78, 5) is 23.5. The van der Waals surface area contributed by atoms with Gasteiger partial charge in [-0.25, -0.2) is 0 Å². The number of hydrogen-bond acceptors (Lipinski definition) is 3. The number of para-hydroxylation sites is 1. The quantitative estimate of drug-likeness (QED) is 0.735. The zero-order valence-corrected chi connectivity index (χ0v) is 11.9. The van der Waals surface area contributed by atoms with Crippen molar-refractivity contribution in [3.63, 3.8) is 0 Å². The van der Waals surface area contributed by atoms with Crippen LogP contribution in [-0.4, -0.2) is 11.1 Å². The molecule has 1 N–H and O–H groups in total. The van der Waals surface area contributed by atoms with Gasteiger partial charge in [0.15, 0.2) is 0 Å². The lowest BCUT2D eigenvalue weighted by Gasteiger charge is -2.08. The van der Waals surface area contributed by atoms with Gasteiger partial charge in [-0.3, -0.25) is 9.59 Å². The first kappa shape index (κ1) is 13.6. The number of fused-ring (bicyclic) bond motifs is 2. The highest BCUT2D eigenvalue weighted by Crippen LogP contribution is 2.28. The molecule has 0 radical (unpaired) electrons. The average Bonchev–Trinajstić information content (AvgIpc) is 2.44. The molecule has 3 rings (SSSR count). The summed E-state index contributed by atoms with van der Waals surface area (Å²) in [5.74, 6) is -0.979. The van der Waals surface area contributed by atoms with Crippen LogP contribution in [0.5, 0.6) is 0 Å². The molecule has 1 aromatic heterocycles. The lowest BCUT2D eigenvalue weighted by molar-refractivity contribution is -0.136. The number of benzene rings is 2. The standard InChI is InChI=1S/C16H11ClO4/c1-8-12(17)6-5-11-14(20)10-4-2-3-9(7-13(18)19)16(10)21-15(8)11/h2-6H,7H2,1H3,(H,18,19). The second-order valence-corrected chi connectivity index (χ2v) is 5.25. The Hall–Kier alpha value is -2.33. The number of aryl methyl sites for hydroxylation is 1.